The highest BCUT2D eigenvalue weighted by molar-refractivity contribution is 5.93. The van der Waals surface area contributed by atoms with Gasteiger partial charge in [-0.05, 0) is 58.6 Å². The Kier molecular flexibility index (Phi) is 5.16. The largest absolute Gasteiger partial charge is 0.545 e. The van der Waals surface area contributed by atoms with Crippen molar-refractivity contribution in [3.8, 4) is 5.75 Å². The summed E-state index contributed by atoms with van der Waals surface area (Å²) in [5, 5.41) is 11.1. The van der Waals surface area contributed by atoms with Gasteiger partial charge in [0.1, 0.15) is 5.75 Å². The number of carboxylic acids is 1. The molecule has 0 radical (unpaired) electrons. The van der Waals surface area contributed by atoms with E-state index in [1.807, 2.05) is 6.07 Å². The van der Waals surface area contributed by atoms with E-state index in [0.29, 0.717) is 0 Å². The van der Waals surface area contributed by atoms with Gasteiger partial charge in [-0.15, -0.1) is 0 Å². The first-order valence-corrected chi connectivity index (χ1v) is 9.45. The Balaban J connectivity index is 1.82. The fourth-order valence-corrected chi connectivity index (χ4v) is 3.74. The van der Waals surface area contributed by atoms with Crippen LogP contribution >= 0.6 is 0 Å². The molecule has 3 rings (SSSR count). The van der Waals surface area contributed by atoms with Crippen LogP contribution in [0.2, 0.25) is 0 Å². The van der Waals surface area contributed by atoms with Gasteiger partial charge in [0.05, 0.1) is 5.97 Å². The molecule has 0 aliphatic heterocycles. The standard InChI is InChI=1S/C24H26O4/c1-23(2)13-14-24(3,4)19-15-16(9-11-18(19)23)10-12-21(25)28-20-8-6-5-7-17(20)22(26)27/h5-12,15H,13-14H2,1-4H3,(H,26,27)/p-1/b12-10+. The Morgan fingerprint density at radius 3 is 2.29 bits per heavy atom. The average molecular weight is 377 g/mol. The Morgan fingerprint density at radius 1 is 0.964 bits per heavy atom. The minimum atomic E-state index is -1.38. The molecular weight excluding hydrogens is 352 g/mol. The number of ether oxygens (including phenoxy) is 1. The summed E-state index contributed by atoms with van der Waals surface area (Å²) in [6, 6.07) is 12.2. The highest BCUT2D eigenvalue weighted by Gasteiger charge is 2.36. The molecule has 146 valence electrons. The molecule has 0 fully saturated rings. The zero-order chi connectivity index (χ0) is 20.5. The number of aromatic carboxylic acids is 1. The summed E-state index contributed by atoms with van der Waals surface area (Å²) in [6.45, 7) is 9.03. The van der Waals surface area contributed by atoms with Crippen LogP contribution < -0.4 is 9.84 Å². The van der Waals surface area contributed by atoms with E-state index < -0.39 is 11.9 Å². The summed E-state index contributed by atoms with van der Waals surface area (Å²) < 4.78 is 5.17. The number of esters is 1. The minimum absolute atomic E-state index is 0.0227. The molecule has 4 nitrogen and oxygen atoms in total. The molecule has 2 aromatic rings. The molecule has 4 heteroatoms. The number of para-hydroxylation sites is 1. The normalized spacial score (nSPS) is 17.1. The number of benzene rings is 2. The van der Waals surface area contributed by atoms with Crippen LogP contribution in [-0.2, 0) is 15.6 Å². The zero-order valence-electron chi connectivity index (χ0n) is 16.7. The second kappa shape index (κ2) is 7.27. The van der Waals surface area contributed by atoms with Crippen LogP contribution in [0.15, 0.2) is 48.5 Å². The van der Waals surface area contributed by atoms with Gasteiger partial charge in [-0.2, -0.15) is 0 Å². The predicted molar refractivity (Wildman–Crippen MR) is 107 cm³/mol. The van der Waals surface area contributed by atoms with Gasteiger partial charge in [-0.1, -0.05) is 58.0 Å². The predicted octanol–water partition coefficient (Wildman–Crippen LogP) is 4.02. The van der Waals surface area contributed by atoms with Crippen molar-refractivity contribution in [2.45, 2.75) is 51.4 Å². The first-order valence-electron chi connectivity index (χ1n) is 9.45. The summed E-state index contributed by atoms with van der Waals surface area (Å²) in [7, 11) is 0. The molecule has 1 aliphatic carbocycles. The Labute approximate surface area is 165 Å². The van der Waals surface area contributed by atoms with E-state index in [1.54, 1.807) is 18.2 Å². The molecule has 2 aromatic carbocycles. The summed E-state index contributed by atoms with van der Waals surface area (Å²) in [6.07, 6.45) is 5.27. The highest BCUT2D eigenvalue weighted by Crippen LogP contribution is 2.45. The van der Waals surface area contributed by atoms with Crippen LogP contribution in [0.25, 0.3) is 6.08 Å². The number of carboxylic acid groups (broad SMARTS) is 1. The molecular formula is C24H25O4-. The van der Waals surface area contributed by atoms with E-state index in [-0.39, 0.29) is 22.1 Å². The van der Waals surface area contributed by atoms with Gasteiger partial charge in [0.2, 0.25) is 0 Å². The van der Waals surface area contributed by atoms with Crippen molar-refractivity contribution in [2.75, 3.05) is 0 Å². The maximum absolute atomic E-state index is 12.2. The van der Waals surface area contributed by atoms with E-state index in [2.05, 4.69) is 39.8 Å². The lowest BCUT2D eigenvalue weighted by atomic mass is 9.63. The third kappa shape index (κ3) is 4.01. The maximum Gasteiger partial charge on any atom is 0.336 e. The van der Waals surface area contributed by atoms with Crippen LogP contribution in [0.4, 0.5) is 0 Å². The van der Waals surface area contributed by atoms with E-state index in [0.717, 1.165) is 18.4 Å². The second-order valence-corrected chi connectivity index (χ2v) is 8.61. The van der Waals surface area contributed by atoms with E-state index in [9.17, 15) is 14.7 Å². The third-order valence-electron chi connectivity index (χ3n) is 5.61. The summed E-state index contributed by atoms with van der Waals surface area (Å²) >= 11 is 0. The smallest absolute Gasteiger partial charge is 0.336 e. The van der Waals surface area contributed by atoms with Crippen LogP contribution in [0.5, 0.6) is 5.75 Å². The van der Waals surface area contributed by atoms with Crippen molar-refractivity contribution < 1.29 is 19.4 Å². The van der Waals surface area contributed by atoms with Crippen molar-refractivity contribution in [2.24, 2.45) is 0 Å². The molecule has 0 bridgehead atoms. The Hall–Kier alpha value is -2.88. The maximum atomic E-state index is 12.2. The van der Waals surface area contributed by atoms with Gasteiger partial charge in [-0.3, -0.25) is 0 Å². The fourth-order valence-electron chi connectivity index (χ4n) is 3.74. The first kappa shape index (κ1) is 19.9. The lowest BCUT2D eigenvalue weighted by molar-refractivity contribution is -0.255. The molecule has 0 N–H and O–H groups in total. The van der Waals surface area contributed by atoms with Crippen LogP contribution in [0.3, 0.4) is 0 Å². The summed E-state index contributed by atoms with van der Waals surface area (Å²) in [5.74, 6) is -2.04. The molecule has 0 saturated heterocycles. The molecule has 0 heterocycles. The van der Waals surface area contributed by atoms with Gasteiger partial charge in [0.25, 0.3) is 0 Å². The van der Waals surface area contributed by atoms with E-state index >= 15 is 0 Å². The Morgan fingerprint density at radius 2 is 1.61 bits per heavy atom. The molecule has 1 aliphatic rings. The zero-order valence-corrected chi connectivity index (χ0v) is 16.7. The Bertz CT molecular complexity index is 951. The van der Waals surface area contributed by atoms with Crippen LogP contribution in [-0.4, -0.2) is 11.9 Å². The van der Waals surface area contributed by atoms with Crippen LogP contribution in [0, 0.1) is 0 Å². The fraction of sp³-hybridized carbons (Fsp3) is 0.333. The van der Waals surface area contributed by atoms with Crippen molar-refractivity contribution in [3.05, 3.63) is 70.8 Å². The summed E-state index contributed by atoms with van der Waals surface area (Å²) in [4.78, 5) is 23.3. The average Bonchev–Trinajstić information content (AvgIpc) is 2.64. The first-order chi connectivity index (χ1) is 13.1. The molecule has 0 aromatic heterocycles. The van der Waals surface area contributed by atoms with Gasteiger partial charge < -0.3 is 14.6 Å². The van der Waals surface area contributed by atoms with E-state index in [1.165, 1.54) is 29.3 Å². The molecule has 0 atom stereocenters. The lowest BCUT2D eigenvalue weighted by Gasteiger charge is -2.42. The topological polar surface area (TPSA) is 66.4 Å². The number of rotatable bonds is 4. The highest BCUT2D eigenvalue weighted by atomic mass is 16.5. The van der Waals surface area contributed by atoms with E-state index in [4.69, 9.17) is 4.74 Å². The molecule has 0 unspecified atom stereocenters. The molecule has 0 amide bonds. The molecule has 28 heavy (non-hydrogen) atoms. The van der Waals surface area contributed by atoms with Crippen molar-refractivity contribution in [1.82, 2.24) is 0 Å². The van der Waals surface area contributed by atoms with Crippen molar-refractivity contribution in [3.63, 3.8) is 0 Å². The third-order valence-corrected chi connectivity index (χ3v) is 5.61. The van der Waals surface area contributed by atoms with Gasteiger partial charge >= 0.3 is 5.97 Å². The SMILES string of the molecule is CC1(C)CCC(C)(C)c2cc(/C=C/C(=O)Oc3ccccc3C(=O)[O-])ccc21. The number of hydrogen-bond donors (Lipinski definition) is 0. The molecule has 0 saturated carbocycles. The number of carbonyl (C=O) groups is 2. The number of fused-ring (bicyclic) bond motifs is 1. The lowest BCUT2D eigenvalue weighted by Crippen LogP contribution is -2.33. The molecule has 0 spiro atoms. The van der Waals surface area contributed by atoms with Crippen molar-refractivity contribution in [1.29, 1.82) is 0 Å². The quantitative estimate of drug-likeness (QED) is 0.459. The van der Waals surface area contributed by atoms with Gasteiger partial charge in [0.15, 0.2) is 0 Å². The summed E-state index contributed by atoms with van der Waals surface area (Å²) in [5.41, 5.74) is 3.65. The number of hydrogen-bond acceptors (Lipinski definition) is 4. The van der Waals surface area contributed by atoms with Crippen LogP contribution in [0.1, 0.15) is 67.6 Å². The number of carbonyl (C=O) groups excluding carboxylic acids is 2. The van der Waals surface area contributed by atoms with Gasteiger partial charge in [-0.25, -0.2) is 4.79 Å². The second-order valence-electron chi connectivity index (χ2n) is 8.61. The van der Waals surface area contributed by atoms with Gasteiger partial charge in [0, 0.05) is 11.6 Å². The monoisotopic (exact) mass is 377 g/mol. The minimum Gasteiger partial charge on any atom is -0.545 e. The van der Waals surface area contributed by atoms with Crippen molar-refractivity contribution >= 4 is 18.0 Å².